The maximum Gasteiger partial charge on any atom is 0.181 e. The van der Waals surface area contributed by atoms with E-state index < -0.39 is 0 Å². The molecule has 44 heavy (non-hydrogen) atoms. The van der Waals surface area contributed by atoms with Crippen molar-refractivity contribution in [3.8, 4) is 23.6 Å². The molecule has 3 aliphatic heterocycles. The van der Waals surface area contributed by atoms with Crippen LogP contribution in [0.5, 0.6) is 11.5 Å². The first-order valence-corrected chi connectivity index (χ1v) is 15.3. The molecule has 0 spiro atoms. The molecule has 0 saturated carbocycles. The molecule has 3 aromatic rings. The summed E-state index contributed by atoms with van der Waals surface area (Å²) < 4.78 is 18.6. The highest BCUT2D eigenvalue weighted by atomic mass is 32.1. The van der Waals surface area contributed by atoms with Gasteiger partial charge in [0.25, 0.3) is 0 Å². The summed E-state index contributed by atoms with van der Waals surface area (Å²) in [5.74, 6) is 2.61. The normalized spacial score (nSPS) is 17.8. The van der Waals surface area contributed by atoms with Crippen LogP contribution in [0, 0.1) is 35.0 Å². The summed E-state index contributed by atoms with van der Waals surface area (Å²) in [5, 5.41) is 26.3. The number of nitrogens with zero attached hydrogens (tertiary/aromatic N) is 4. The van der Waals surface area contributed by atoms with Crippen molar-refractivity contribution in [3.63, 3.8) is 0 Å². The maximum absolute atomic E-state index is 9.51. The van der Waals surface area contributed by atoms with Crippen LogP contribution < -0.4 is 14.5 Å². The Balaban J connectivity index is 1.38. The van der Waals surface area contributed by atoms with Gasteiger partial charge in [-0.1, -0.05) is 63.2 Å². The molecule has 0 N–H and O–H groups in total. The zero-order chi connectivity index (χ0) is 30.8. The highest BCUT2D eigenvalue weighted by molar-refractivity contribution is 7.15. The molecule has 3 aliphatic rings. The quantitative estimate of drug-likeness (QED) is 0.273. The van der Waals surface area contributed by atoms with Gasteiger partial charge in [-0.05, 0) is 54.5 Å². The molecule has 7 nitrogen and oxygen atoms in total. The fourth-order valence-corrected chi connectivity index (χ4v) is 6.38. The van der Waals surface area contributed by atoms with E-state index in [0.29, 0.717) is 48.2 Å². The highest BCUT2D eigenvalue weighted by Gasteiger charge is 2.35. The van der Waals surface area contributed by atoms with Gasteiger partial charge in [0.1, 0.15) is 42.4 Å². The van der Waals surface area contributed by atoms with Gasteiger partial charge in [0.05, 0.1) is 27.2 Å². The van der Waals surface area contributed by atoms with Crippen molar-refractivity contribution in [2.45, 2.75) is 40.2 Å². The zero-order valence-corrected chi connectivity index (χ0v) is 25.9. The lowest BCUT2D eigenvalue weighted by atomic mass is 9.90. The molecule has 1 unspecified atom stereocenters. The van der Waals surface area contributed by atoms with Crippen molar-refractivity contribution in [1.82, 2.24) is 0 Å². The molecule has 2 aromatic carbocycles. The van der Waals surface area contributed by atoms with Crippen LogP contribution in [0.2, 0.25) is 0 Å². The number of rotatable bonds is 5. The van der Waals surface area contributed by atoms with Crippen LogP contribution >= 0.6 is 11.3 Å². The third kappa shape index (κ3) is 5.77. The number of benzene rings is 2. The summed E-state index contributed by atoms with van der Waals surface area (Å²) >= 11 is 1.57. The minimum atomic E-state index is -0.320. The molecule has 0 amide bonds. The lowest BCUT2D eigenvalue weighted by Crippen LogP contribution is -2.18. The Morgan fingerprint density at radius 1 is 0.977 bits per heavy atom. The van der Waals surface area contributed by atoms with E-state index in [4.69, 9.17) is 19.3 Å². The minimum Gasteiger partial charge on any atom is -0.485 e. The molecule has 0 radical (unpaired) electrons. The number of ether oxygens (including phenoxy) is 3. The largest absolute Gasteiger partial charge is 0.485 e. The molecular formula is C36H32N4O3S. The van der Waals surface area contributed by atoms with E-state index in [9.17, 15) is 10.5 Å². The predicted molar refractivity (Wildman–Crippen MR) is 173 cm³/mol. The second kappa shape index (κ2) is 11.9. The highest BCUT2D eigenvalue weighted by Crippen LogP contribution is 2.48. The summed E-state index contributed by atoms with van der Waals surface area (Å²) in [5.41, 5.74) is 4.60. The predicted octanol–water partition coefficient (Wildman–Crippen LogP) is 8.38. The van der Waals surface area contributed by atoms with E-state index in [1.165, 1.54) is 11.1 Å². The van der Waals surface area contributed by atoms with E-state index in [1.807, 2.05) is 51.1 Å². The van der Waals surface area contributed by atoms with Crippen LogP contribution in [0.4, 0.5) is 5.69 Å². The minimum absolute atomic E-state index is 0.0392. The van der Waals surface area contributed by atoms with Gasteiger partial charge in [0.2, 0.25) is 0 Å². The van der Waals surface area contributed by atoms with Crippen molar-refractivity contribution >= 4 is 28.8 Å². The molecule has 1 atom stereocenters. The van der Waals surface area contributed by atoms with Gasteiger partial charge in [0, 0.05) is 17.4 Å². The van der Waals surface area contributed by atoms with E-state index in [2.05, 4.69) is 60.5 Å². The lowest BCUT2D eigenvalue weighted by Gasteiger charge is -2.26. The molecular weight excluding hydrogens is 568 g/mol. The van der Waals surface area contributed by atoms with E-state index in [0.717, 1.165) is 21.2 Å². The van der Waals surface area contributed by atoms with Gasteiger partial charge in [-0.3, -0.25) is 5.01 Å². The lowest BCUT2D eigenvalue weighted by molar-refractivity contribution is 0.173. The first-order chi connectivity index (χ1) is 21.2. The van der Waals surface area contributed by atoms with Crippen molar-refractivity contribution in [1.29, 1.82) is 10.5 Å². The zero-order valence-electron chi connectivity index (χ0n) is 25.1. The van der Waals surface area contributed by atoms with Crippen LogP contribution in [0.3, 0.4) is 0 Å². The number of hydrogen-bond acceptors (Lipinski definition) is 8. The number of aryl methyl sites for hydroxylation is 1. The number of nitriles is 2. The van der Waals surface area contributed by atoms with E-state index in [-0.39, 0.29) is 17.0 Å². The first-order valence-electron chi connectivity index (χ1n) is 14.5. The van der Waals surface area contributed by atoms with Gasteiger partial charge in [0.15, 0.2) is 11.5 Å². The van der Waals surface area contributed by atoms with Crippen LogP contribution in [0.25, 0.3) is 6.08 Å². The molecule has 0 saturated heterocycles. The molecule has 4 heterocycles. The number of thiophene rings is 1. The molecule has 0 bridgehead atoms. The molecule has 220 valence electrons. The van der Waals surface area contributed by atoms with Crippen LogP contribution in [0.1, 0.15) is 54.1 Å². The van der Waals surface area contributed by atoms with Crippen molar-refractivity contribution < 1.29 is 14.2 Å². The molecule has 6 rings (SSSR count). The number of hydrogen-bond donors (Lipinski definition) is 0. The van der Waals surface area contributed by atoms with Crippen LogP contribution in [0.15, 0.2) is 101 Å². The van der Waals surface area contributed by atoms with E-state index in [1.54, 1.807) is 23.5 Å². The first kappa shape index (κ1) is 29.0. The second-order valence-corrected chi connectivity index (χ2v) is 12.9. The van der Waals surface area contributed by atoms with Crippen molar-refractivity contribution in [2.24, 2.45) is 10.5 Å². The number of anilines is 1. The third-order valence-electron chi connectivity index (χ3n) is 7.51. The monoisotopic (exact) mass is 600 g/mol. The standard InChI is InChI=1S/C36H32N4O3S/c1-23-9-8-12-27(17-23)40-30(24-10-6-5-7-11-24)20-29(39-40)35-34-33(41-15-16-42-34)31(44-35)14-13-28-18-25(26(21-37)22-38)19-32(43-28)36(2,3)4/h5-14,17-19,30H,15-16,20H2,1-4H3/b14-13+. The smallest absolute Gasteiger partial charge is 0.181 e. The molecule has 8 heteroatoms. The summed E-state index contributed by atoms with van der Waals surface area (Å²) in [6, 6.07) is 22.9. The maximum atomic E-state index is 9.51. The SMILES string of the molecule is Cc1cccc(N2N=C(c3sc(/C=C/C4=CC(=C(C#N)C#N)C=C(C(C)(C)C)O4)c4c3OCCO4)CC2c2ccccc2)c1. The summed E-state index contributed by atoms with van der Waals surface area (Å²) in [6.45, 7) is 9.09. The summed E-state index contributed by atoms with van der Waals surface area (Å²) in [6.07, 6.45) is 7.99. The Morgan fingerprint density at radius 3 is 2.43 bits per heavy atom. The Morgan fingerprint density at radius 2 is 1.73 bits per heavy atom. The Kier molecular flexibility index (Phi) is 7.86. The Bertz CT molecular complexity index is 1830. The molecule has 0 fully saturated rings. The third-order valence-corrected chi connectivity index (χ3v) is 8.68. The average Bonchev–Trinajstić information content (AvgIpc) is 3.63. The fourth-order valence-electron chi connectivity index (χ4n) is 5.29. The van der Waals surface area contributed by atoms with Gasteiger partial charge < -0.3 is 14.2 Å². The molecule has 0 aliphatic carbocycles. The van der Waals surface area contributed by atoms with Crippen LogP contribution in [-0.4, -0.2) is 18.9 Å². The summed E-state index contributed by atoms with van der Waals surface area (Å²) in [7, 11) is 0. The van der Waals surface area contributed by atoms with Crippen molar-refractivity contribution in [2.75, 3.05) is 18.2 Å². The van der Waals surface area contributed by atoms with E-state index >= 15 is 0 Å². The topological polar surface area (TPSA) is 90.9 Å². The van der Waals surface area contributed by atoms with Gasteiger partial charge in [-0.2, -0.15) is 15.6 Å². The van der Waals surface area contributed by atoms with Gasteiger partial charge in [-0.15, -0.1) is 11.3 Å². The number of allylic oxidation sites excluding steroid dienone is 6. The average molecular weight is 601 g/mol. The van der Waals surface area contributed by atoms with Crippen molar-refractivity contribution in [3.05, 3.63) is 116 Å². The Hall–Kier alpha value is -5.05. The number of hydrazone groups is 1. The summed E-state index contributed by atoms with van der Waals surface area (Å²) in [4.78, 5) is 1.83. The van der Waals surface area contributed by atoms with Crippen LogP contribution in [-0.2, 0) is 4.74 Å². The second-order valence-electron chi connectivity index (χ2n) is 11.8. The number of fused-ring (bicyclic) bond motifs is 1. The molecule has 1 aromatic heterocycles. The van der Waals surface area contributed by atoms with Gasteiger partial charge >= 0.3 is 0 Å². The fraction of sp³-hybridized carbons (Fsp3) is 0.250. The Labute approximate surface area is 261 Å². The van der Waals surface area contributed by atoms with Gasteiger partial charge in [-0.25, -0.2) is 0 Å².